The van der Waals surface area contributed by atoms with Crippen molar-refractivity contribution in [3.63, 3.8) is 0 Å². The van der Waals surface area contributed by atoms with Crippen LogP contribution < -0.4 is 10.1 Å². The fraction of sp³-hybridized carbons (Fsp3) is 0.556. The maximum Gasteiger partial charge on any atom is 0.125 e. The first kappa shape index (κ1) is 16.8. The van der Waals surface area contributed by atoms with Crippen molar-refractivity contribution in [3.8, 4) is 5.75 Å². The van der Waals surface area contributed by atoms with Gasteiger partial charge >= 0.3 is 0 Å². The lowest BCUT2D eigenvalue weighted by Gasteiger charge is -2.24. The molecule has 0 spiro atoms. The van der Waals surface area contributed by atoms with Crippen molar-refractivity contribution >= 4 is 0 Å². The monoisotopic (exact) mass is 276 g/mol. The molecular formula is C18H30NO+. The summed E-state index contributed by atoms with van der Waals surface area (Å²) in [5.41, 5.74) is 2.66. The highest BCUT2D eigenvalue weighted by Gasteiger charge is 2.19. The summed E-state index contributed by atoms with van der Waals surface area (Å²) in [7, 11) is 0. The molecule has 2 heteroatoms. The van der Waals surface area contributed by atoms with Gasteiger partial charge in [0, 0.05) is 0 Å². The average molecular weight is 276 g/mol. The third kappa shape index (κ3) is 5.38. The van der Waals surface area contributed by atoms with Gasteiger partial charge in [0.25, 0.3) is 0 Å². The highest BCUT2D eigenvalue weighted by molar-refractivity contribution is 5.44. The number of rotatable bonds is 8. The van der Waals surface area contributed by atoms with Gasteiger partial charge in [-0.15, -0.1) is 0 Å². The zero-order valence-electron chi connectivity index (χ0n) is 13.5. The maximum absolute atomic E-state index is 6.07. The highest BCUT2D eigenvalue weighted by atomic mass is 16.5. The Morgan fingerprint density at radius 1 is 1.25 bits per heavy atom. The number of para-hydroxylation sites is 1. The Balaban J connectivity index is 2.49. The molecule has 2 nitrogen and oxygen atoms in total. The van der Waals surface area contributed by atoms with Crippen molar-refractivity contribution < 1.29 is 10.1 Å². The van der Waals surface area contributed by atoms with Crippen molar-refractivity contribution in [2.45, 2.75) is 46.0 Å². The molecule has 0 saturated carbocycles. The second-order valence-electron chi connectivity index (χ2n) is 6.36. The van der Waals surface area contributed by atoms with Crippen molar-refractivity contribution in [3.05, 3.63) is 42.0 Å². The Hall–Kier alpha value is -1.28. The van der Waals surface area contributed by atoms with Gasteiger partial charge in [-0.05, 0) is 42.4 Å². The molecule has 20 heavy (non-hydrogen) atoms. The zero-order chi connectivity index (χ0) is 15.0. The molecule has 1 aromatic carbocycles. The molecule has 0 saturated heterocycles. The van der Waals surface area contributed by atoms with Crippen LogP contribution in [0, 0.1) is 6.92 Å². The minimum atomic E-state index is 0.124. The van der Waals surface area contributed by atoms with E-state index in [0.717, 1.165) is 31.9 Å². The third-order valence-corrected chi connectivity index (χ3v) is 3.40. The molecule has 1 rings (SSSR count). The first-order valence-corrected chi connectivity index (χ1v) is 7.62. The largest absolute Gasteiger partial charge is 0.493 e. The number of hydrogen-bond acceptors (Lipinski definition) is 1. The third-order valence-electron chi connectivity index (χ3n) is 3.40. The van der Waals surface area contributed by atoms with Gasteiger partial charge < -0.3 is 10.1 Å². The minimum absolute atomic E-state index is 0.124. The molecule has 0 atom stereocenters. The van der Waals surface area contributed by atoms with E-state index >= 15 is 0 Å². The van der Waals surface area contributed by atoms with Gasteiger partial charge in [0.15, 0.2) is 0 Å². The molecule has 0 heterocycles. The van der Waals surface area contributed by atoms with Crippen LogP contribution in [0.4, 0.5) is 0 Å². The van der Waals surface area contributed by atoms with Crippen LogP contribution >= 0.6 is 0 Å². The van der Waals surface area contributed by atoms with Crippen molar-refractivity contribution in [1.82, 2.24) is 0 Å². The van der Waals surface area contributed by atoms with E-state index in [1.807, 2.05) is 6.08 Å². The number of benzene rings is 1. The highest BCUT2D eigenvalue weighted by Crippen LogP contribution is 2.33. The molecule has 0 bridgehead atoms. The molecule has 2 N–H and O–H groups in total. The van der Waals surface area contributed by atoms with Crippen LogP contribution in [0.1, 0.15) is 44.7 Å². The molecule has 0 aliphatic carbocycles. The number of unbranched alkanes of at least 4 members (excludes halogenated alkanes) is 1. The lowest BCUT2D eigenvalue weighted by atomic mass is 9.85. The Morgan fingerprint density at radius 2 is 2.00 bits per heavy atom. The summed E-state index contributed by atoms with van der Waals surface area (Å²) >= 11 is 0. The SMILES string of the molecule is C=CC[NH2+]CCCCOc1c(C)cccc1C(C)(C)C. The fourth-order valence-corrected chi connectivity index (χ4v) is 2.24. The van der Waals surface area contributed by atoms with Gasteiger partial charge in [-0.1, -0.05) is 45.5 Å². The van der Waals surface area contributed by atoms with Crippen LogP contribution in [0.5, 0.6) is 5.75 Å². The van der Waals surface area contributed by atoms with E-state index in [-0.39, 0.29) is 5.41 Å². The number of ether oxygens (including phenoxy) is 1. The average Bonchev–Trinajstić information content (AvgIpc) is 2.38. The number of nitrogens with two attached hydrogens (primary N) is 1. The molecule has 0 amide bonds. The topological polar surface area (TPSA) is 25.8 Å². The van der Waals surface area contributed by atoms with Crippen LogP contribution in [0.2, 0.25) is 0 Å². The molecule has 0 aliphatic rings. The van der Waals surface area contributed by atoms with Crippen molar-refractivity contribution in [2.24, 2.45) is 0 Å². The number of aryl methyl sites for hydroxylation is 1. The predicted molar refractivity (Wildman–Crippen MR) is 86.5 cm³/mol. The Labute approximate surface area is 124 Å². The predicted octanol–water partition coefficient (Wildman–Crippen LogP) is 3.20. The molecule has 112 valence electrons. The summed E-state index contributed by atoms with van der Waals surface area (Å²) in [6, 6.07) is 6.43. The maximum atomic E-state index is 6.07. The van der Waals surface area contributed by atoms with E-state index in [4.69, 9.17) is 4.74 Å². The van der Waals surface area contributed by atoms with E-state index in [2.05, 4.69) is 57.8 Å². The van der Waals surface area contributed by atoms with Crippen molar-refractivity contribution in [2.75, 3.05) is 19.7 Å². The van der Waals surface area contributed by atoms with Gasteiger partial charge in [-0.3, -0.25) is 0 Å². The summed E-state index contributed by atoms with van der Waals surface area (Å²) in [5, 5.41) is 2.28. The molecular weight excluding hydrogens is 246 g/mol. The molecule has 1 aromatic rings. The summed E-state index contributed by atoms with van der Waals surface area (Å²) < 4.78 is 6.07. The Kier molecular flexibility index (Phi) is 6.80. The number of hydrogen-bond donors (Lipinski definition) is 1. The second kappa shape index (κ2) is 8.11. The molecule has 0 radical (unpaired) electrons. The summed E-state index contributed by atoms with van der Waals surface area (Å²) in [6.45, 7) is 15.5. The minimum Gasteiger partial charge on any atom is -0.493 e. The van der Waals surface area contributed by atoms with E-state index in [1.165, 1.54) is 17.5 Å². The molecule has 0 aliphatic heterocycles. The van der Waals surface area contributed by atoms with Crippen molar-refractivity contribution in [1.29, 1.82) is 0 Å². The first-order chi connectivity index (χ1) is 9.46. The van der Waals surface area contributed by atoms with E-state index in [1.54, 1.807) is 0 Å². The van der Waals surface area contributed by atoms with E-state index < -0.39 is 0 Å². The van der Waals surface area contributed by atoms with E-state index in [9.17, 15) is 0 Å². The first-order valence-electron chi connectivity index (χ1n) is 7.62. The fourth-order valence-electron chi connectivity index (χ4n) is 2.24. The summed E-state index contributed by atoms with van der Waals surface area (Å²) in [5.74, 6) is 1.08. The van der Waals surface area contributed by atoms with Gasteiger partial charge in [-0.2, -0.15) is 0 Å². The standard InChI is InChI=1S/C18H29NO/c1-6-12-19-13-7-8-14-20-17-15(2)10-9-11-16(17)18(3,4)5/h6,9-11,19H,1,7-8,12-14H2,2-5H3/p+1. The van der Waals surface area contributed by atoms with Crippen LogP contribution in [-0.2, 0) is 5.41 Å². The van der Waals surface area contributed by atoms with Crippen LogP contribution in [0.25, 0.3) is 0 Å². The van der Waals surface area contributed by atoms with Gasteiger partial charge in [0.1, 0.15) is 5.75 Å². The Morgan fingerprint density at radius 3 is 2.65 bits per heavy atom. The van der Waals surface area contributed by atoms with Gasteiger partial charge in [-0.25, -0.2) is 0 Å². The lowest BCUT2D eigenvalue weighted by Crippen LogP contribution is -2.83. The van der Waals surface area contributed by atoms with E-state index in [0.29, 0.717) is 0 Å². The van der Waals surface area contributed by atoms with Crippen LogP contribution in [0.3, 0.4) is 0 Å². The number of quaternary nitrogens is 1. The zero-order valence-corrected chi connectivity index (χ0v) is 13.5. The summed E-state index contributed by atoms with van der Waals surface area (Å²) in [4.78, 5) is 0. The second-order valence-corrected chi connectivity index (χ2v) is 6.36. The van der Waals surface area contributed by atoms with Gasteiger partial charge in [0.2, 0.25) is 0 Å². The lowest BCUT2D eigenvalue weighted by molar-refractivity contribution is -0.646. The van der Waals surface area contributed by atoms with Crippen LogP contribution in [0.15, 0.2) is 30.9 Å². The molecule has 0 aromatic heterocycles. The molecule has 0 unspecified atom stereocenters. The van der Waals surface area contributed by atoms with Crippen LogP contribution in [-0.4, -0.2) is 19.7 Å². The molecule has 0 fully saturated rings. The normalized spacial score (nSPS) is 11.4. The quantitative estimate of drug-likeness (QED) is 0.572. The Bertz CT molecular complexity index is 418. The van der Waals surface area contributed by atoms with Gasteiger partial charge in [0.05, 0.1) is 19.7 Å². The smallest absolute Gasteiger partial charge is 0.125 e. The summed E-state index contributed by atoms with van der Waals surface area (Å²) in [6.07, 6.45) is 4.23.